The van der Waals surface area contributed by atoms with Crippen LogP contribution in [0.1, 0.15) is 57.5 Å². The second kappa shape index (κ2) is 13.9. The van der Waals surface area contributed by atoms with E-state index in [1.54, 1.807) is 0 Å². The number of nitrogens with two attached hydrogens (primary N) is 4. The van der Waals surface area contributed by atoms with Crippen LogP contribution in [0.4, 0.5) is 0 Å². The molecule has 3 rings (SSSR count). The Morgan fingerprint density at radius 2 is 0.800 bits per heavy atom. The Morgan fingerprint density at radius 3 is 1.10 bits per heavy atom. The predicted molar refractivity (Wildman–Crippen MR) is 152 cm³/mol. The summed E-state index contributed by atoms with van der Waals surface area (Å²) in [5.41, 5.74) is 22.2. The lowest BCUT2D eigenvalue weighted by atomic mass is 9.84. The van der Waals surface area contributed by atoms with E-state index in [0.29, 0.717) is 51.9 Å². The zero-order chi connectivity index (χ0) is 29.5. The first-order valence-corrected chi connectivity index (χ1v) is 16.1. The minimum absolute atomic E-state index is 0.0510. The highest BCUT2D eigenvalue weighted by molar-refractivity contribution is 7.89. The summed E-state index contributed by atoms with van der Waals surface area (Å²) in [4.78, 5) is 26.6. The van der Waals surface area contributed by atoms with Crippen molar-refractivity contribution in [1.82, 2.24) is 8.61 Å². The van der Waals surface area contributed by atoms with Gasteiger partial charge in [0.05, 0.1) is 9.79 Å². The average Bonchev–Trinajstić information content (AvgIpc) is 2.95. The molecule has 0 spiro atoms. The molecule has 0 aliphatic heterocycles. The van der Waals surface area contributed by atoms with Gasteiger partial charge in [-0.2, -0.15) is 8.61 Å². The van der Waals surface area contributed by atoms with Gasteiger partial charge in [-0.3, -0.25) is 9.59 Å². The molecule has 0 atom stereocenters. The van der Waals surface area contributed by atoms with Crippen molar-refractivity contribution in [3.63, 3.8) is 0 Å². The Morgan fingerprint density at radius 1 is 0.500 bits per heavy atom. The molecule has 0 bridgehead atoms. The Kier molecular flexibility index (Phi) is 11.1. The molecule has 8 N–H and O–H groups in total. The number of benzene rings is 2. The van der Waals surface area contributed by atoms with Crippen molar-refractivity contribution in [3.8, 4) is 0 Å². The van der Waals surface area contributed by atoms with Gasteiger partial charge in [0.25, 0.3) is 0 Å². The van der Waals surface area contributed by atoms with E-state index >= 15 is 0 Å². The lowest BCUT2D eigenvalue weighted by Crippen LogP contribution is -2.35. The number of carbonyl (C=O) groups is 2. The second-order valence-corrected chi connectivity index (χ2v) is 13.3. The van der Waals surface area contributed by atoms with Crippen LogP contribution in [0.15, 0.2) is 46.2 Å². The lowest BCUT2D eigenvalue weighted by Gasteiger charge is -2.24. The third-order valence-electron chi connectivity index (χ3n) is 6.68. The van der Waals surface area contributed by atoms with E-state index in [4.69, 9.17) is 22.9 Å². The molecule has 1 aliphatic carbocycles. The summed E-state index contributed by atoms with van der Waals surface area (Å²) in [5.74, 6) is -1.13. The summed E-state index contributed by atoms with van der Waals surface area (Å²) in [5, 5.41) is 0. The van der Waals surface area contributed by atoms with Crippen LogP contribution in [-0.4, -0.2) is 89.4 Å². The summed E-state index contributed by atoms with van der Waals surface area (Å²) in [6.07, 6.45) is 1.74. The Bertz CT molecular complexity index is 1320. The largest absolute Gasteiger partial charge is 0.330 e. The van der Waals surface area contributed by atoms with Crippen LogP contribution in [0.3, 0.4) is 0 Å². The molecule has 1 aliphatic rings. The monoisotopic (exact) mass is 594 g/mol. The van der Waals surface area contributed by atoms with Crippen LogP contribution in [-0.2, 0) is 20.0 Å². The number of sulfonamides is 2. The quantitative estimate of drug-likeness (QED) is 0.172. The maximum absolute atomic E-state index is 13.6. The fourth-order valence-electron chi connectivity index (χ4n) is 4.50. The van der Waals surface area contributed by atoms with Crippen molar-refractivity contribution in [3.05, 3.63) is 58.7 Å². The predicted octanol–water partition coefficient (Wildman–Crippen LogP) is -0.161. The highest BCUT2D eigenvalue weighted by atomic mass is 32.2. The van der Waals surface area contributed by atoms with Gasteiger partial charge in [0.15, 0.2) is 11.6 Å². The minimum Gasteiger partial charge on any atom is -0.330 e. The van der Waals surface area contributed by atoms with E-state index in [1.807, 2.05) is 0 Å². The van der Waals surface area contributed by atoms with Gasteiger partial charge in [0.2, 0.25) is 20.0 Å². The summed E-state index contributed by atoms with van der Waals surface area (Å²) < 4.78 is 56.3. The van der Waals surface area contributed by atoms with E-state index in [0.717, 1.165) is 0 Å². The molecule has 0 saturated carbocycles. The maximum atomic E-state index is 13.6. The molecule has 0 saturated heterocycles. The normalized spacial score (nSPS) is 13.7. The smallest absolute Gasteiger partial charge is 0.243 e. The standard InChI is InChI=1S/C26H38N6O6S2/c27-9-1-13-31(14-2-10-28)39(35,36)19-5-7-21-23(17-19)26(34)24-18-20(6-8-22(24)25(21)33)40(37,38)32(15-3-11-29)16-4-12-30/h5-8,17-18H,1-4,9-16,27-30H2. The topological polar surface area (TPSA) is 213 Å². The molecule has 0 fully saturated rings. The third-order valence-corrected chi connectivity index (χ3v) is 10.5. The Balaban J connectivity index is 2.03. The van der Waals surface area contributed by atoms with E-state index in [-0.39, 0.29) is 58.2 Å². The summed E-state index contributed by atoms with van der Waals surface area (Å²) in [7, 11) is -8.04. The second-order valence-electron chi connectivity index (χ2n) is 9.45. The first kappa shape index (κ1) is 32.0. The van der Waals surface area contributed by atoms with Crippen LogP contribution in [0.2, 0.25) is 0 Å². The van der Waals surface area contributed by atoms with Crippen LogP contribution >= 0.6 is 0 Å². The van der Waals surface area contributed by atoms with Crippen molar-refractivity contribution in [2.75, 3.05) is 52.4 Å². The van der Waals surface area contributed by atoms with Crippen LogP contribution in [0.5, 0.6) is 0 Å². The van der Waals surface area contributed by atoms with E-state index in [2.05, 4.69) is 0 Å². The molecule has 14 heteroatoms. The van der Waals surface area contributed by atoms with Gasteiger partial charge in [-0.25, -0.2) is 16.8 Å². The minimum atomic E-state index is -4.02. The first-order chi connectivity index (χ1) is 19.0. The third kappa shape index (κ3) is 6.66. The fourth-order valence-corrected chi connectivity index (χ4v) is 7.59. The lowest BCUT2D eigenvalue weighted by molar-refractivity contribution is 0.0978. The number of hydrogen-bond donors (Lipinski definition) is 4. The first-order valence-electron chi connectivity index (χ1n) is 13.2. The van der Waals surface area contributed by atoms with Gasteiger partial charge in [0, 0.05) is 48.4 Å². The van der Waals surface area contributed by atoms with Crippen molar-refractivity contribution in [1.29, 1.82) is 0 Å². The molecule has 0 aromatic heterocycles. The zero-order valence-electron chi connectivity index (χ0n) is 22.4. The molecule has 0 radical (unpaired) electrons. The molecule has 40 heavy (non-hydrogen) atoms. The number of fused-ring (bicyclic) bond motifs is 2. The molecular weight excluding hydrogens is 556 g/mol. The van der Waals surface area contributed by atoms with Crippen LogP contribution in [0.25, 0.3) is 0 Å². The highest BCUT2D eigenvalue weighted by Gasteiger charge is 2.34. The number of ketones is 2. The zero-order valence-corrected chi connectivity index (χ0v) is 24.1. The summed E-state index contributed by atoms with van der Waals surface area (Å²) >= 11 is 0. The van der Waals surface area contributed by atoms with Crippen molar-refractivity contribution in [2.45, 2.75) is 35.5 Å². The van der Waals surface area contributed by atoms with Crippen molar-refractivity contribution < 1.29 is 26.4 Å². The van der Waals surface area contributed by atoms with Crippen LogP contribution in [0, 0.1) is 0 Å². The van der Waals surface area contributed by atoms with E-state index < -0.39 is 31.6 Å². The van der Waals surface area contributed by atoms with Gasteiger partial charge in [0.1, 0.15) is 0 Å². The maximum Gasteiger partial charge on any atom is 0.243 e. The molecule has 2 aromatic carbocycles. The molecule has 0 heterocycles. The van der Waals surface area contributed by atoms with Crippen molar-refractivity contribution in [2.24, 2.45) is 22.9 Å². The Hall–Kier alpha value is -2.56. The van der Waals surface area contributed by atoms with Gasteiger partial charge in [-0.1, -0.05) is 0 Å². The van der Waals surface area contributed by atoms with Gasteiger partial charge >= 0.3 is 0 Å². The molecule has 12 nitrogen and oxygen atoms in total. The molecule has 0 amide bonds. The molecule has 2 aromatic rings. The van der Waals surface area contributed by atoms with E-state index in [1.165, 1.54) is 45.0 Å². The number of hydrogen-bond acceptors (Lipinski definition) is 10. The average molecular weight is 595 g/mol. The Labute approximate surface area is 235 Å². The summed E-state index contributed by atoms with van der Waals surface area (Å²) in [6, 6.07) is 7.61. The number of nitrogens with zero attached hydrogens (tertiary/aromatic N) is 2. The molecular formula is C26H38N6O6S2. The number of carbonyl (C=O) groups excluding carboxylic acids is 2. The molecule has 0 unspecified atom stereocenters. The molecule has 220 valence electrons. The van der Waals surface area contributed by atoms with E-state index in [9.17, 15) is 26.4 Å². The summed E-state index contributed by atoms with van der Waals surface area (Å²) in [6.45, 7) is 1.89. The van der Waals surface area contributed by atoms with Gasteiger partial charge in [-0.15, -0.1) is 0 Å². The van der Waals surface area contributed by atoms with Gasteiger partial charge in [-0.05, 0) is 88.3 Å². The fraction of sp³-hybridized carbons (Fsp3) is 0.462. The highest BCUT2D eigenvalue weighted by Crippen LogP contribution is 2.32. The number of rotatable bonds is 16. The SMILES string of the molecule is NCCCN(CCCN)S(=O)(=O)c1ccc2c(c1)C(=O)c1cc(S(=O)(=O)N(CCCN)CCCN)ccc1C2=O. The van der Waals surface area contributed by atoms with Crippen molar-refractivity contribution >= 4 is 31.6 Å². The van der Waals surface area contributed by atoms with Gasteiger partial charge < -0.3 is 22.9 Å². The van der Waals surface area contributed by atoms with Crippen LogP contribution < -0.4 is 22.9 Å².